The van der Waals surface area contributed by atoms with Gasteiger partial charge >= 0.3 is 6.18 Å². The summed E-state index contributed by atoms with van der Waals surface area (Å²) < 4.78 is 38.9. The van der Waals surface area contributed by atoms with E-state index in [2.05, 4.69) is 0 Å². The maximum Gasteiger partial charge on any atom is 0.417 e. The van der Waals surface area contributed by atoms with Gasteiger partial charge in [-0.15, -0.1) is 0 Å². The lowest BCUT2D eigenvalue weighted by Gasteiger charge is -2.15. The zero-order valence-corrected chi connectivity index (χ0v) is 10.9. The van der Waals surface area contributed by atoms with Crippen LogP contribution in [-0.4, -0.2) is 0 Å². The van der Waals surface area contributed by atoms with Gasteiger partial charge in [0.15, 0.2) is 0 Å². The van der Waals surface area contributed by atoms with E-state index in [0.29, 0.717) is 5.02 Å². The Morgan fingerprint density at radius 2 is 1.58 bits per heavy atom. The molecule has 0 aliphatic heterocycles. The Labute approximate surface area is 117 Å². The van der Waals surface area contributed by atoms with Crippen LogP contribution < -0.4 is 5.73 Å². The molecule has 19 heavy (non-hydrogen) atoms. The number of benzene rings is 2. The Balaban J connectivity index is 2.73. The minimum Gasteiger partial charge on any atom is -0.399 e. The first kappa shape index (κ1) is 14.0. The second-order valence-corrected chi connectivity index (χ2v) is 4.77. The molecule has 0 saturated heterocycles. The molecule has 0 spiro atoms. The van der Waals surface area contributed by atoms with Crippen LogP contribution in [0.3, 0.4) is 0 Å². The number of rotatable bonds is 1. The van der Waals surface area contributed by atoms with E-state index in [9.17, 15) is 13.2 Å². The van der Waals surface area contributed by atoms with E-state index >= 15 is 0 Å². The summed E-state index contributed by atoms with van der Waals surface area (Å²) in [6, 6.07) is 7.70. The lowest BCUT2D eigenvalue weighted by Crippen LogP contribution is -2.07. The molecule has 0 aromatic heterocycles. The van der Waals surface area contributed by atoms with E-state index in [1.54, 1.807) is 0 Å². The molecule has 0 amide bonds. The van der Waals surface area contributed by atoms with Crippen LogP contribution in [0.15, 0.2) is 36.4 Å². The number of hydrogen-bond acceptors (Lipinski definition) is 1. The minimum atomic E-state index is -4.49. The predicted molar refractivity (Wildman–Crippen MR) is 71.3 cm³/mol. The van der Waals surface area contributed by atoms with Crippen molar-refractivity contribution in [1.29, 1.82) is 0 Å². The van der Waals surface area contributed by atoms with Crippen molar-refractivity contribution in [3.8, 4) is 11.1 Å². The van der Waals surface area contributed by atoms with Crippen molar-refractivity contribution in [2.24, 2.45) is 0 Å². The first-order valence-corrected chi connectivity index (χ1v) is 5.97. The van der Waals surface area contributed by atoms with Gasteiger partial charge in [0.2, 0.25) is 0 Å². The van der Waals surface area contributed by atoms with Gasteiger partial charge in [-0.25, -0.2) is 0 Å². The molecule has 2 aromatic carbocycles. The molecule has 6 heteroatoms. The molecule has 0 aliphatic carbocycles. The maximum atomic E-state index is 13.0. The SMILES string of the molecule is Nc1ccc(C(F)(F)F)c(-c2cc(Cl)ccc2Cl)c1. The van der Waals surface area contributed by atoms with E-state index in [4.69, 9.17) is 28.9 Å². The van der Waals surface area contributed by atoms with Crippen LogP contribution >= 0.6 is 23.2 Å². The van der Waals surface area contributed by atoms with Crippen LogP contribution in [0.25, 0.3) is 11.1 Å². The van der Waals surface area contributed by atoms with Crippen LogP contribution in [0.2, 0.25) is 10.0 Å². The highest BCUT2D eigenvalue weighted by Crippen LogP contribution is 2.41. The molecule has 0 radical (unpaired) electrons. The molecule has 0 unspecified atom stereocenters. The molecule has 0 bridgehead atoms. The first-order chi connectivity index (χ1) is 8.79. The molecule has 2 rings (SSSR count). The molecule has 0 atom stereocenters. The third-order valence-electron chi connectivity index (χ3n) is 2.57. The molecule has 100 valence electrons. The van der Waals surface area contributed by atoms with Gasteiger partial charge in [-0.05, 0) is 42.0 Å². The molecular weight excluding hydrogens is 298 g/mol. The molecule has 2 aromatic rings. The molecule has 0 aliphatic rings. The summed E-state index contributed by atoms with van der Waals surface area (Å²) in [6.07, 6.45) is -4.49. The average Bonchev–Trinajstić information content (AvgIpc) is 2.30. The van der Waals surface area contributed by atoms with Crippen LogP contribution in [0.4, 0.5) is 18.9 Å². The summed E-state index contributed by atoms with van der Waals surface area (Å²) >= 11 is 11.7. The van der Waals surface area contributed by atoms with Crippen molar-refractivity contribution in [1.82, 2.24) is 0 Å². The minimum absolute atomic E-state index is 0.0833. The number of hydrogen-bond donors (Lipinski definition) is 1. The summed E-state index contributed by atoms with van der Waals surface area (Å²) in [6.45, 7) is 0. The highest BCUT2D eigenvalue weighted by Gasteiger charge is 2.34. The van der Waals surface area contributed by atoms with Gasteiger partial charge in [-0.1, -0.05) is 23.2 Å². The Morgan fingerprint density at radius 3 is 2.21 bits per heavy atom. The van der Waals surface area contributed by atoms with Gasteiger partial charge in [-0.3, -0.25) is 0 Å². The number of anilines is 1. The van der Waals surface area contributed by atoms with Crippen LogP contribution in [0, 0.1) is 0 Å². The zero-order valence-electron chi connectivity index (χ0n) is 9.43. The molecule has 0 fully saturated rings. The van der Waals surface area contributed by atoms with E-state index in [1.807, 2.05) is 0 Å². The van der Waals surface area contributed by atoms with Crippen molar-refractivity contribution in [2.75, 3.05) is 5.73 Å². The summed E-state index contributed by atoms with van der Waals surface area (Å²) in [5.41, 5.74) is 5.09. The topological polar surface area (TPSA) is 26.0 Å². The second-order valence-electron chi connectivity index (χ2n) is 3.93. The third kappa shape index (κ3) is 2.96. The Kier molecular flexibility index (Phi) is 3.65. The van der Waals surface area contributed by atoms with Gasteiger partial charge in [0.05, 0.1) is 5.56 Å². The molecule has 1 nitrogen and oxygen atoms in total. The highest BCUT2D eigenvalue weighted by atomic mass is 35.5. The van der Waals surface area contributed by atoms with Crippen molar-refractivity contribution >= 4 is 28.9 Å². The van der Waals surface area contributed by atoms with Crippen molar-refractivity contribution in [3.05, 3.63) is 52.0 Å². The number of nitrogen functional groups attached to an aromatic ring is 1. The Hall–Kier alpha value is -1.39. The maximum absolute atomic E-state index is 13.0. The Morgan fingerprint density at radius 1 is 0.895 bits per heavy atom. The van der Waals surface area contributed by atoms with Crippen molar-refractivity contribution in [2.45, 2.75) is 6.18 Å². The standard InChI is InChI=1S/C13H8Cl2F3N/c14-7-1-4-12(15)10(5-7)9-6-8(19)2-3-11(9)13(16,17)18/h1-6H,19H2. The highest BCUT2D eigenvalue weighted by molar-refractivity contribution is 6.35. The predicted octanol–water partition coefficient (Wildman–Crippen LogP) is 5.26. The second kappa shape index (κ2) is 4.94. The van der Waals surface area contributed by atoms with E-state index in [-0.39, 0.29) is 21.8 Å². The zero-order chi connectivity index (χ0) is 14.2. The summed E-state index contributed by atoms with van der Waals surface area (Å²) in [5, 5.41) is 0.482. The van der Waals surface area contributed by atoms with Crippen LogP contribution in [0.1, 0.15) is 5.56 Å². The molecule has 2 N–H and O–H groups in total. The summed E-state index contributed by atoms with van der Waals surface area (Å²) in [7, 11) is 0. The molecule has 0 heterocycles. The third-order valence-corrected chi connectivity index (χ3v) is 3.13. The average molecular weight is 306 g/mol. The van der Waals surface area contributed by atoms with Crippen molar-refractivity contribution < 1.29 is 13.2 Å². The summed E-state index contributed by atoms with van der Waals surface area (Å²) in [5.74, 6) is 0. The first-order valence-electron chi connectivity index (χ1n) is 5.21. The molecule has 0 saturated carbocycles. The van der Waals surface area contributed by atoms with E-state index < -0.39 is 11.7 Å². The smallest absolute Gasteiger partial charge is 0.399 e. The largest absolute Gasteiger partial charge is 0.417 e. The number of nitrogens with two attached hydrogens (primary N) is 1. The fourth-order valence-corrected chi connectivity index (χ4v) is 2.13. The molecular formula is C13H8Cl2F3N. The lowest BCUT2D eigenvalue weighted by molar-refractivity contribution is -0.137. The van der Waals surface area contributed by atoms with Gasteiger partial charge < -0.3 is 5.73 Å². The van der Waals surface area contributed by atoms with Gasteiger partial charge in [0.25, 0.3) is 0 Å². The normalized spacial score (nSPS) is 11.6. The lowest BCUT2D eigenvalue weighted by atomic mass is 9.98. The number of alkyl halides is 3. The fourth-order valence-electron chi connectivity index (χ4n) is 1.74. The quantitative estimate of drug-likeness (QED) is 0.714. The van der Waals surface area contributed by atoms with E-state index in [0.717, 1.165) is 6.07 Å². The monoisotopic (exact) mass is 305 g/mol. The van der Waals surface area contributed by atoms with E-state index in [1.165, 1.54) is 30.3 Å². The summed E-state index contributed by atoms with van der Waals surface area (Å²) in [4.78, 5) is 0. The van der Waals surface area contributed by atoms with Crippen molar-refractivity contribution in [3.63, 3.8) is 0 Å². The van der Waals surface area contributed by atoms with Gasteiger partial charge in [-0.2, -0.15) is 13.2 Å². The Bertz CT molecular complexity index is 624. The van der Waals surface area contributed by atoms with Crippen LogP contribution in [0.5, 0.6) is 0 Å². The van der Waals surface area contributed by atoms with Gasteiger partial charge in [0, 0.05) is 21.3 Å². The number of halogens is 5. The van der Waals surface area contributed by atoms with Crippen LogP contribution in [-0.2, 0) is 6.18 Å². The fraction of sp³-hybridized carbons (Fsp3) is 0.0769. The van der Waals surface area contributed by atoms with Gasteiger partial charge in [0.1, 0.15) is 0 Å².